The number of allylic oxidation sites excluding steroid dienone is 8. The molecule has 0 aromatic rings. The third-order valence-corrected chi connectivity index (χ3v) is 9.24. The van der Waals surface area contributed by atoms with Crippen molar-refractivity contribution in [3.05, 3.63) is 48.6 Å². The number of rotatable bonds is 40. The van der Waals surface area contributed by atoms with Crippen molar-refractivity contribution in [2.24, 2.45) is 0 Å². The van der Waals surface area contributed by atoms with E-state index in [0.717, 1.165) is 64.6 Å². The van der Waals surface area contributed by atoms with Gasteiger partial charge in [0.15, 0.2) is 12.6 Å². The first-order chi connectivity index (χ1) is 24.3. The lowest BCUT2D eigenvalue weighted by Gasteiger charge is -2.25. The van der Waals surface area contributed by atoms with Crippen molar-refractivity contribution in [2.45, 2.75) is 233 Å². The molecule has 0 radical (unpaired) electrons. The molecular weight excluding hydrogens is 601 g/mol. The molecule has 49 heavy (non-hydrogen) atoms. The van der Waals surface area contributed by atoms with Gasteiger partial charge in [-0.1, -0.05) is 192 Å². The van der Waals surface area contributed by atoms with E-state index in [-0.39, 0.29) is 12.6 Å². The number of ether oxygens (including phenoxy) is 3. The van der Waals surface area contributed by atoms with Crippen LogP contribution in [0.5, 0.6) is 0 Å². The van der Waals surface area contributed by atoms with Crippen LogP contribution in [0.15, 0.2) is 48.6 Å². The van der Waals surface area contributed by atoms with E-state index in [9.17, 15) is 0 Å². The molecule has 2 atom stereocenters. The Labute approximate surface area is 308 Å². The minimum atomic E-state index is -0.167. The van der Waals surface area contributed by atoms with Gasteiger partial charge in [0.1, 0.15) is 0 Å². The van der Waals surface area contributed by atoms with E-state index >= 15 is 0 Å². The smallest absolute Gasteiger partial charge is 0.160 e. The van der Waals surface area contributed by atoms with E-state index in [1.54, 1.807) is 0 Å². The Balaban J connectivity index is 4.91. The van der Waals surface area contributed by atoms with Crippen molar-refractivity contribution < 1.29 is 14.2 Å². The lowest BCUT2D eigenvalue weighted by Crippen LogP contribution is -2.28. The topological polar surface area (TPSA) is 27.7 Å². The van der Waals surface area contributed by atoms with Crippen LogP contribution in [-0.4, -0.2) is 25.8 Å². The van der Waals surface area contributed by atoms with Crippen LogP contribution in [0.2, 0.25) is 0 Å². The maximum Gasteiger partial charge on any atom is 0.160 e. The van der Waals surface area contributed by atoms with Crippen LogP contribution < -0.4 is 0 Å². The highest BCUT2D eigenvalue weighted by Gasteiger charge is 2.18. The fraction of sp³-hybridized carbons (Fsp3) is 0.826. The van der Waals surface area contributed by atoms with Crippen molar-refractivity contribution in [1.29, 1.82) is 0 Å². The molecule has 0 aromatic heterocycles. The molecule has 0 rings (SSSR count). The molecule has 0 spiro atoms. The second-order valence-corrected chi connectivity index (χ2v) is 14.3. The zero-order chi connectivity index (χ0) is 35.6. The predicted molar refractivity (Wildman–Crippen MR) is 218 cm³/mol. The molecule has 0 aliphatic heterocycles. The predicted octanol–water partition coefficient (Wildman–Crippen LogP) is 15.7. The summed E-state index contributed by atoms with van der Waals surface area (Å²) in [5.74, 6) is 0. The second kappa shape index (κ2) is 43.0. The molecule has 2 unspecified atom stereocenters. The minimum Gasteiger partial charge on any atom is -0.353 e. The van der Waals surface area contributed by atoms with Crippen LogP contribution >= 0.6 is 0 Å². The standard InChI is InChI=1S/C46H86O3/c1-5-9-13-17-21-25-27-29-33-37-41-45(47-43-39-35-31-23-19-15-11-7-3)49-46(48-44-40-36-32-24-20-16-12-8-4)42-38-34-30-28-26-22-18-14-10-6-2/h17-18,21-22,25-28,45-46H,5-16,19-20,23-24,29-44H2,1-4H3/b21-17-,22-18-,27-25+,28-26+. The van der Waals surface area contributed by atoms with Gasteiger partial charge in [-0.2, -0.15) is 0 Å². The van der Waals surface area contributed by atoms with Crippen molar-refractivity contribution >= 4 is 0 Å². The Morgan fingerprint density at radius 1 is 0.327 bits per heavy atom. The van der Waals surface area contributed by atoms with Crippen LogP contribution in [-0.2, 0) is 14.2 Å². The van der Waals surface area contributed by atoms with E-state index in [0.29, 0.717) is 0 Å². The Morgan fingerprint density at radius 3 is 0.980 bits per heavy atom. The highest BCUT2D eigenvalue weighted by atomic mass is 16.8. The van der Waals surface area contributed by atoms with Crippen molar-refractivity contribution in [2.75, 3.05) is 13.2 Å². The SMILES string of the molecule is CCCC/C=C\C=C\CCCCC(OCCCCCCCCCC)OC(CCCC/C=C/C=C\CCCC)OCCCCCCCCCC. The molecule has 0 aliphatic rings. The summed E-state index contributed by atoms with van der Waals surface area (Å²) in [6.07, 6.45) is 55.0. The lowest BCUT2D eigenvalue weighted by molar-refractivity contribution is -0.250. The normalized spacial score (nSPS) is 13.6. The average molecular weight is 687 g/mol. The Bertz CT molecular complexity index is 664. The highest BCUT2D eigenvalue weighted by Crippen LogP contribution is 2.18. The van der Waals surface area contributed by atoms with Crippen LogP contribution in [0.25, 0.3) is 0 Å². The van der Waals surface area contributed by atoms with Gasteiger partial charge in [-0.3, -0.25) is 0 Å². The average Bonchev–Trinajstić information content (AvgIpc) is 3.11. The number of hydrogen-bond donors (Lipinski definition) is 0. The molecule has 0 bridgehead atoms. The molecule has 0 aromatic carbocycles. The summed E-state index contributed by atoms with van der Waals surface area (Å²) in [6.45, 7) is 10.7. The first kappa shape index (κ1) is 47.8. The van der Waals surface area contributed by atoms with E-state index in [1.807, 2.05) is 0 Å². The molecule has 0 aliphatic carbocycles. The summed E-state index contributed by atoms with van der Waals surface area (Å²) >= 11 is 0. The Morgan fingerprint density at radius 2 is 0.633 bits per heavy atom. The van der Waals surface area contributed by atoms with Gasteiger partial charge in [-0.15, -0.1) is 0 Å². The van der Waals surface area contributed by atoms with Gasteiger partial charge < -0.3 is 14.2 Å². The maximum absolute atomic E-state index is 6.66. The summed E-state index contributed by atoms with van der Waals surface area (Å²) < 4.78 is 19.5. The van der Waals surface area contributed by atoms with Gasteiger partial charge in [-0.05, 0) is 77.0 Å². The number of hydrogen-bond acceptors (Lipinski definition) is 3. The molecule has 0 N–H and O–H groups in total. The fourth-order valence-corrected chi connectivity index (χ4v) is 5.94. The Hall–Kier alpha value is -1.16. The monoisotopic (exact) mass is 687 g/mol. The molecule has 0 saturated carbocycles. The third kappa shape index (κ3) is 39.5. The van der Waals surface area contributed by atoms with Crippen LogP contribution in [0.4, 0.5) is 0 Å². The van der Waals surface area contributed by atoms with E-state index in [2.05, 4.69) is 76.3 Å². The number of unbranched alkanes of at least 4 members (excludes halogenated alkanes) is 22. The van der Waals surface area contributed by atoms with Gasteiger partial charge >= 0.3 is 0 Å². The molecule has 288 valence electrons. The third-order valence-electron chi connectivity index (χ3n) is 9.24. The van der Waals surface area contributed by atoms with Gasteiger partial charge in [0.05, 0.1) is 0 Å². The largest absolute Gasteiger partial charge is 0.353 e. The summed E-state index contributed by atoms with van der Waals surface area (Å²) in [4.78, 5) is 0. The highest BCUT2D eigenvalue weighted by molar-refractivity contribution is 5.02. The summed E-state index contributed by atoms with van der Waals surface area (Å²) in [5, 5.41) is 0. The van der Waals surface area contributed by atoms with E-state index < -0.39 is 0 Å². The first-order valence-electron chi connectivity index (χ1n) is 21.8. The van der Waals surface area contributed by atoms with E-state index in [4.69, 9.17) is 14.2 Å². The first-order valence-corrected chi connectivity index (χ1v) is 21.8. The molecule has 0 amide bonds. The summed E-state index contributed by atoms with van der Waals surface area (Å²) in [7, 11) is 0. The molecule has 0 heterocycles. The fourth-order valence-electron chi connectivity index (χ4n) is 5.94. The van der Waals surface area contributed by atoms with Crippen molar-refractivity contribution in [3.8, 4) is 0 Å². The van der Waals surface area contributed by atoms with Gasteiger partial charge in [-0.25, -0.2) is 0 Å². The van der Waals surface area contributed by atoms with Crippen LogP contribution in [0.1, 0.15) is 220 Å². The minimum absolute atomic E-state index is 0.167. The molecule has 3 heteroatoms. The Kier molecular flexibility index (Phi) is 42.0. The molecule has 3 nitrogen and oxygen atoms in total. The van der Waals surface area contributed by atoms with Crippen LogP contribution in [0, 0.1) is 0 Å². The van der Waals surface area contributed by atoms with Gasteiger partial charge in [0.25, 0.3) is 0 Å². The van der Waals surface area contributed by atoms with Crippen LogP contribution in [0.3, 0.4) is 0 Å². The zero-order valence-electron chi connectivity index (χ0n) is 33.6. The zero-order valence-corrected chi connectivity index (χ0v) is 33.6. The quantitative estimate of drug-likeness (QED) is 0.0365. The molecular formula is C46H86O3. The van der Waals surface area contributed by atoms with E-state index in [1.165, 1.54) is 141 Å². The second-order valence-electron chi connectivity index (χ2n) is 14.3. The lowest BCUT2D eigenvalue weighted by atomic mass is 10.1. The van der Waals surface area contributed by atoms with Gasteiger partial charge in [0.2, 0.25) is 0 Å². The summed E-state index contributed by atoms with van der Waals surface area (Å²) in [5.41, 5.74) is 0. The molecule has 0 fully saturated rings. The van der Waals surface area contributed by atoms with Crippen molar-refractivity contribution in [1.82, 2.24) is 0 Å². The maximum atomic E-state index is 6.66. The summed E-state index contributed by atoms with van der Waals surface area (Å²) in [6, 6.07) is 0. The van der Waals surface area contributed by atoms with Gasteiger partial charge in [0, 0.05) is 13.2 Å². The molecule has 0 saturated heterocycles. The van der Waals surface area contributed by atoms with Crippen molar-refractivity contribution in [3.63, 3.8) is 0 Å².